The molecule has 1 aromatic rings. The van der Waals surface area contributed by atoms with Gasteiger partial charge in [-0.15, -0.1) is 11.3 Å². The molecule has 2 nitrogen and oxygen atoms in total. The van der Waals surface area contributed by atoms with E-state index in [9.17, 15) is 0 Å². The van der Waals surface area contributed by atoms with Crippen molar-refractivity contribution in [1.29, 1.82) is 0 Å². The van der Waals surface area contributed by atoms with Crippen molar-refractivity contribution >= 4 is 17.6 Å². The molecule has 0 aromatic carbocycles. The Morgan fingerprint density at radius 2 is 2.29 bits per heavy atom. The maximum Gasteiger partial charge on any atom is 0.0549 e. The molecule has 14 heavy (non-hydrogen) atoms. The second-order valence-electron chi connectivity index (χ2n) is 3.78. The fourth-order valence-electron chi connectivity index (χ4n) is 1.78. The average Bonchev–Trinajstić information content (AvgIpc) is 2.55. The van der Waals surface area contributed by atoms with Crippen molar-refractivity contribution in [2.24, 2.45) is 16.9 Å². The molecule has 2 N–H and O–H groups in total. The second kappa shape index (κ2) is 5.15. The van der Waals surface area contributed by atoms with Crippen LogP contribution in [-0.2, 0) is 0 Å². The molecule has 0 aliphatic rings. The Bertz CT molecular complexity index is 302. The zero-order chi connectivity index (χ0) is 10.6. The van der Waals surface area contributed by atoms with Gasteiger partial charge in [0, 0.05) is 10.4 Å². The molecule has 1 rings (SSSR count). The largest absolute Gasteiger partial charge is 0.323 e. The second-order valence-corrected chi connectivity index (χ2v) is 4.72. The van der Waals surface area contributed by atoms with Gasteiger partial charge in [-0.05, 0) is 29.7 Å². The summed E-state index contributed by atoms with van der Waals surface area (Å²) in [7, 11) is 0. The maximum absolute atomic E-state index is 5.18. The lowest BCUT2D eigenvalue weighted by molar-refractivity contribution is 0.492. The van der Waals surface area contributed by atoms with Crippen molar-refractivity contribution in [3.63, 3.8) is 0 Å². The summed E-state index contributed by atoms with van der Waals surface area (Å²) in [5.41, 5.74) is 1.18. The molecule has 0 amide bonds. The van der Waals surface area contributed by atoms with Crippen LogP contribution in [0.3, 0.4) is 0 Å². The Hall–Kier alpha value is -0.830. The van der Waals surface area contributed by atoms with Gasteiger partial charge in [0.2, 0.25) is 0 Å². The van der Waals surface area contributed by atoms with Crippen LogP contribution in [0.4, 0.5) is 0 Å². The summed E-state index contributed by atoms with van der Waals surface area (Å²) in [5.74, 6) is 6.48. The molecule has 1 heterocycles. The number of thiophene rings is 1. The maximum atomic E-state index is 5.18. The summed E-state index contributed by atoms with van der Waals surface area (Å²) in [6.07, 6.45) is 2.92. The SMILES string of the molecule is CCC(c1sccc1/C=N\N)C(C)C. The monoisotopic (exact) mass is 210 g/mol. The number of hydrazone groups is 1. The van der Waals surface area contributed by atoms with Gasteiger partial charge in [-0.2, -0.15) is 5.10 Å². The third kappa shape index (κ3) is 2.35. The number of rotatable bonds is 4. The molecule has 0 radical (unpaired) electrons. The van der Waals surface area contributed by atoms with Crippen LogP contribution in [0.25, 0.3) is 0 Å². The zero-order valence-corrected chi connectivity index (χ0v) is 9.84. The first-order valence-corrected chi connectivity index (χ1v) is 5.89. The molecule has 0 bridgehead atoms. The zero-order valence-electron chi connectivity index (χ0n) is 9.03. The van der Waals surface area contributed by atoms with Crippen LogP contribution in [0.2, 0.25) is 0 Å². The average molecular weight is 210 g/mol. The Kier molecular flexibility index (Phi) is 4.14. The summed E-state index contributed by atoms with van der Waals surface area (Å²) in [5, 5.41) is 5.71. The lowest BCUT2D eigenvalue weighted by atomic mass is 9.90. The van der Waals surface area contributed by atoms with Gasteiger partial charge in [-0.1, -0.05) is 20.8 Å². The fraction of sp³-hybridized carbons (Fsp3) is 0.545. The van der Waals surface area contributed by atoms with Gasteiger partial charge in [0.1, 0.15) is 0 Å². The van der Waals surface area contributed by atoms with E-state index in [4.69, 9.17) is 5.84 Å². The van der Waals surface area contributed by atoms with Crippen LogP contribution in [0.5, 0.6) is 0 Å². The summed E-state index contributed by atoms with van der Waals surface area (Å²) < 4.78 is 0. The van der Waals surface area contributed by atoms with Crippen LogP contribution >= 0.6 is 11.3 Å². The first kappa shape index (κ1) is 11.2. The molecule has 0 spiro atoms. The van der Waals surface area contributed by atoms with Gasteiger partial charge in [0.25, 0.3) is 0 Å². The summed E-state index contributed by atoms with van der Waals surface area (Å²) in [6, 6.07) is 2.08. The van der Waals surface area contributed by atoms with E-state index < -0.39 is 0 Å². The normalized spacial score (nSPS) is 14.0. The lowest BCUT2D eigenvalue weighted by Crippen LogP contribution is -2.05. The van der Waals surface area contributed by atoms with Gasteiger partial charge in [-0.25, -0.2) is 0 Å². The number of hydrogen-bond acceptors (Lipinski definition) is 3. The topological polar surface area (TPSA) is 38.4 Å². The third-order valence-corrected chi connectivity index (χ3v) is 3.59. The predicted octanol–water partition coefficient (Wildman–Crippen LogP) is 3.19. The number of nitrogens with zero attached hydrogens (tertiary/aromatic N) is 1. The molecule has 0 saturated carbocycles. The van der Waals surface area contributed by atoms with Crippen LogP contribution < -0.4 is 5.84 Å². The molecule has 0 aliphatic carbocycles. The smallest absolute Gasteiger partial charge is 0.0549 e. The van der Waals surface area contributed by atoms with Crippen LogP contribution in [-0.4, -0.2) is 6.21 Å². The van der Waals surface area contributed by atoms with Gasteiger partial charge in [-0.3, -0.25) is 0 Å². The molecular formula is C11H18N2S. The van der Waals surface area contributed by atoms with Gasteiger partial charge in [0.05, 0.1) is 6.21 Å². The summed E-state index contributed by atoms with van der Waals surface area (Å²) in [4.78, 5) is 1.41. The van der Waals surface area contributed by atoms with Crippen molar-refractivity contribution in [2.75, 3.05) is 0 Å². The molecule has 1 atom stereocenters. The van der Waals surface area contributed by atoms with E-state index in [0.29, 0.717) is 11.8 Å². The lowest BCUT2D eigenvalue weighted by Gasteiger charge is -2.18. The highest BCUT2D eigenvalue weighted by molar-refractivity contribution is 7.10. The van der Waals surface area contributed by atoms with Crippen LogP contribution in [0.1, 0.15) is 43.6 Å². The highest BCUT2D eigenvalue weighted by Gasteiger charge is 2.17. The Morgan fingerprint density at radius 3 is 2.79 bits per heavy atom. The first-order valence-electron chi connectivity index (χ1n) is 5.01. The van der Waals surface area contributed by atoms with Crippen molar-refractivity contribution in [3.8, 4) is 0 Å². The molecule has 1 unspecified atom stereocenters. The van der Waals surface area contributed by atoms with E-state index in [0.717, 1.165) is 0 Å². The molecule has 3 heteroatoms. The van der Waals surface area contributed by atoms with E-state index >= 15 is 0 Å². The first-order chi connectivity index (χ1) is 6.70. The van der Waals surface area contributed by atoms with E-state index in [1.165, 1.54) is 16.9 Å². The molecule has 0 aliphatic heterocycles. The van der Waals surface area contributed by atoms with E-state index in [-0.39, 0.29) is 0 Å². The van der Waals surface area contributed by atoms with Gasteiger partial charge >= 0.3 is 0 Å². The fourth-order valence-corrected chi connectivity index (χ4v) is 3.01. The van der Waals surface area contributed by atoms with Crippen molar-refractivity contribution < 1.29 is 0 Å². The predicted molar refractivity (Wildman–Crippen MR) is 64.0 cm³/mol. The van der Waals surface area contributed by atoms with E-state index in [1.807, 2.05) is 0 Å². The minimum Gasteiger partial charge on any atom is -0.323 e. The Balaban J connectivity index is 2.97. The summed E-state index contributed by atoms with van der Waals surface area (Å²) >= 11 is 1.80. The van der Waals surface area contributed by atoms with Crippen LogP contribution in [0, 0.1) is 5.92 Å². The van der Waals surface area contributed by atoms with Gasteiger partial charge < -0.3 is 5.84 Å². The van der Waals surface area contributed by atoms with E-state index in [1.54, 1.807) is 17.6 Å². The van der Waals surface area contributed by atoms with Crippen LogP contribution in [0.15, 0.2) is 16.5 Å². The van der Waals surface area contributed by atoms with Gasteiger partial charge in [0.15, 0.2) is 0 Å². The number of nitrogens with two attached hydrogens (primary N) is 1. The highest BCUT2D eigenvalue weighted by atomic mass is 32.1. The molecule has 78 valence electrons. The van der Waals surface area contributed by atoms with Crippen molar-refractivity contribution in [3.05, 3.63) is 21.9 Å². The third-order valence-electron chi connectivity index (χ3n) is 2.52. The minimum atomic E-state index is 0.628. The molecule has 0 fully saturated rings. The molecular weight excluding hydrogens is 192 g/mol. The Labute approximate surface area is 89.8 Å². The summed E-state index contributed by atoms with van der Waals surface area (Å²) in [6.45, 7) is 6.75. The standard InChI is InChI=1S/C11H18N2S/c1-4-10(8(2)3)11-9(7-13-12)5-6-14-11/h5-8,10H,4,12H2,1-3H3/b13-7-. The molecule has 1 aromatic heterocycles. The minimum absolute atomic E-state index is 0.628. The number of hydrogen-bond donors (Lipinski definition) is 1. The van der Waals surface area contributed by atoms with E-state index in [2.05, 4.69) is 37.3 Å². The highest BCUT2D eigenvalue weighted by Crippen LogP contribution is 2.33. The van der Waals surface area contributed by atoms with Crippen molar-refractivity contribution in [2.45, 2.75) is 33.1 Å². The Morgan fingerprint density at radius 1 is 1.57 bits per heavy atom. The van der Waals surface area contributed by atoms with Crippen molar-refractivity contribution in [1.82, 2.24) is 0 Å². The molecule has 0 saturated heterocycles. The quantitative estimate of drug-likeness (QED) is 0.462.